The number of amides is 4. The van der Waals surface area contributed by atoms with Gasteiger partial charge in [0, 0.05) is 12.2 Å². The summed E-state index contributed by atoms with van der Waals surface area (Å²) in [7, 11) is 0. The van der Waals surface area contributed by atoms with E-state index in [9.17, 15) is 34.2 Å². The van der Waals surface area contributed by atoms with E-state index in [-0.39, 0.29) is 24.5 Å². The molecule has 0 fully saturated rings. The zero-order chi connectivity index (χ0) is 24.3. The van der Waals surface area contributed by atoms with Crippen LogP contribution in [0.1, 0.15) is 40.0 Å². The van der Waals surface area contributed by atoms with Crippen LogP contribution in [0, 0.1) is 5.92 Å². The molecule has 0 aliphatic heterocycles. The van der Waals surface area contributed by atoms with Gasteiger partial charge in [-0.1, -0.05) is 13.8 Å². The SMILES string of the molecule is CC(C)CC(N)C(=O)NC(C(=O)NC(CS)C(=O)NC(CCC(N)=O)C(=O)O)C(C)O. The van der Waals surface area contributed by atoms with Crippen LogP contribution in [0.2, 0.25) is 0 Å². The topological polar surface area (TPSA) is 214 Å². The molecule has 0 radical (unpaired) electrons. The number of hydrogen-bond donors (Lipinski definition) is 8. The Hall–Kier alpha value is -2.38. The molecule has 0 aromatic rings. The molecule has 9 N–H and O–H groups in total. The smallest absolute Gasteiger partial charge is 0.326 e. The Morgan fingerprint density at radius 2 is 1.48 bits per heavy atom. The normalized spacial score (nSPS) is 15.8. The maximum Gasteiger partial charge on any atom is 0.326 e. The number of aliphatic carboxylic acids is 1. The summed E-state index contributed by atoms with van der Waals surface area (Å²) >= 11 is 3.98. The van der Waals surface area contributed by atoms with Gasteiger partial charge in [-0.15, -0.1) is 0 Å². The highest BCUT2D eigenvalue weighted by atomic mass is 32.1. The van der Waals surface area contributed by atoms with Gasteiger partial charge in [-0.2, -0.15) is 12.6 Å². The highest BCUT2D eigenvalue weighted by Gasteiger charge is 2.32. The van der Waals surface area contributed by atoms with Gasteiger partial charge in [-0.3, -0.25) is 19.2 Å². The van der Waals surface area contributed by atoms with Crippen molar-refractivity contribution in [3.8, 4) is 0 Å². The number of hydrogen-bond acceptors (Lipinski definition) is 8. The largest absolute Gasteiger partial charge is 0.480 e. The number of aliphatic hydroxyl groups excluding tert-OH is 1. The summed E-state index contributed by atoms with van der Waals surface area (Å²) in [5.41, 5.74) is 10.8. The van der Waals surface area contributed by atoms with Crippen molar-refractivity contribution < 1.29 is 34.2 Å². The zero-order valence-corrected chi connectivity index (χ0v) is 18.7. The first-order valence-electron chi connectivity index (χ1n) is 9.76. The molecular formula is C18H33N5O7S. The van der Waals surface area contributed by atoms with Gasteiger partial charge in [-0.05, 0) is 25.7 Å². The number of carbonyl (C=O) groups excluding carboxylic acids is 4. The predicted molar refractivity (Wildman–Crippen MR) is 115 cm³/mol. The molecule has 178 valence electrons. The van der Waals surface area contributed by atoms with Gasteiger partial charge in [0.1, 0.15) is 18.1 Å². The number of carboxylic acid groups (broad SMARTS) is 1. The number of primary amides is 1. The van der Waals surface area contributed by atoms with Gasteiger partial charge in [0.25, 0.3) is 0 Å². The van der Waals surface area contributed by atoms with Crippen molar-refractivity contribution >= 4 is 42.2 Å². The highest BCUT2D eigenvalue weighted by Crippen LogP contribution is 2.05. The van der Waals surface area contributed by atoms with Gasteiger partial charge in [0.2, 0.25) is 23.6 Å². The molecule has 5 unspecified atom stereocenters. The van der Waals surface area contributed by atoms with E-state index in [2.05, 4.69) is 28.6 Å². The molecule has 0 aliphatic rings. The van der Waals surface area contributed by atoms with Crippen LogP contribution in [0.15, 0.2) is 0 Å². The van der Waals surface area contributed by atoms with E-state index >= 15 is 0 Å². The van der Waals surface area contributed by atoms with Crippen LogP contribution >= 0.6 is 12.6 Å². The number of nitrogens with two attached hydrogens (primary N) is 2. The number of carboxylic acids is 1. The molecule has 0 spiro atoms. The van der Waals surface area contributed by atoms with Crippen LogP contribution in [-0.4, -0.2) is 75.8 Å². The molecule has 0 heterocycles. The van der Waals surface area contributed by atoms with E-state index in [4.69, 9.17) is 11.5 Å². The number of aliphatic hydroxyl groups is 1. The minimum Gasteiger partial charge on any atom is -0.480 e. The summed E-state index contributed by atoms with van der Waals surface area (Å²) in [4.78, 5) is 59.3. The van der Waals surface area contributed by atoms with Crippen LogP contribution in [-0.2, 0) is 24.0 Å². The molecule has 0 saturated heterocycles. The summed E-state index contributed by atoms with van der Waals surface area (Å²) in [6, 6.07) is -4.96. The predicted octanol–water partition coefficient (Wildman–Crippen LogP) is -2.53. The fourth-order valence-electron chi connectivity index (χ4n) is 2.55. The van der Waals surface area contributed by atoms with E-state index in [0.717, 1.165) is 0 Å². The fourth-order valence-corrected chi connectivity index (χ4v) is 2.81. The Morgan fingerprint density at radius 3 is 1.90 bits per heavy atom. The molecule has 31 heavy (non-hydrogen) atoms. The second-order valence-corrected chi connectivity index (χ2v) is 7.98. The minimum atomic E-state index is -1.40. The number of nitrogens with one attached hydrogen (secondary N) is 3. The van der Waals surface area contributed by atoms with Crippen molar-refractivity contribution in [1.82, 2.24) is 16.0 Å². The minimum absolute atomic E-state index is 0.133. The average molecular weight is 464 g/mol. The molecule has 0 aliphatic carbocycles. The van der Waals surface area contributed by atoms with Crippen LogP contribution in [0.4, 0.5) is 0 Å². The van der Waals surface area contributed by atoms with E-state index in [1.54, 1.807) is 0 Å². The van der Waals surface area contributed by atoms with E-state index in [1.807, 2.05) is 13.8 Å². The fraction of sp³-hybridized carbons (Fsp3) is 0.722. The van der Waals surface area contributed by atoms with Crippen molar-refractivity contribution in [2.24, 2.45) is 17.4 Å². The molecule has 4 amide bonds. The lowest BCUT2D eigenvalue weighted by Gasteiger charge is -2.26. The second-order valence-electron chi connectivity index (χ2n) is 7.61. The standard InChI is InChI=1S/C18H33N5O7S/c1-8(2)6-10(19)15(26)23-14(9(3)24)17(28)22-12(7-31)16(27)21-11(18(29)30)4-5-13(20)25/h8-12,14,24,31H,4-7,19H2,1-3H3,(H2,20,25)(H,21,27)(H,22,28)(H,23,26)(H,29,30). The molecule has 0 rings (SSSR count). The molecule has 0 aromatic carbocycles. The summed E-state index contributed by atoms with van der Waals surface area (Å²) in [5, 5.41) is 25.9. The first-order chi connectivity index (χ1) is 14.3. The van der Waals surface area contributed by atoms with E-state index in [0.29, 0.717) is 6.42 Å². The number of carbonyl (C=O) groups is 5. The Kier molecular flexibility index (Phi) is 12.8. The number of rotatable bonds is 14. The Balaban J connectivity index is 5.15. The third kappa shape index (κ3) is 11.0. The molecular weight excluding hydrogens is 430 g/mol. The van der Waals surface area contributed by atoms with Gasteiger partial charge in [0.15, 0.2) is 0 Å². The van der Waals surface area contributed by atoms with Crippen molar-refractivity contribution in [2.75, 3.05) is 5.75 Å². The Morgan fingerprint density at radius 1 is 0.935 bits per heavy atom. The molecule has 0 bridgehead atoms. The number of thiol groups is 1. The first-order valence-corrected chi connectivity index (χ1v) is 10.4. The summed E-state index contributed by atoms with van der Waals surface area (Å²) < 4.78 is 0. The first kappa shape index (κ1) is 28.6. The van der Waals surface area contributed by atoms with Crippen LogP contribution < -0.4 is 27.4 Å². The lowest BCUT2D eigenvalue weighted by atomic mass is 10.0. The Labute approximate surface area is 186 Å². The van der Waals surface area contributed by atoms with Gasteiger partial charge >= 0.3 is 5.97 Å². The summed E-state index contributed by atoms with van der Waals surface area (Å²) in [6.07, 6.45) is -1.43. The van der Waals surface area contributed by atoms with E-state index in [1.165, 1.54) is 6.92 Å². The zero-order valence-electron chi connectivity index (χ0n) is 17.8. The lowest BCUT2D eigenvalue weighted by Crippen LogP contribution is -2.60. The van der Waals surface area contributed by atoms with Gasteiger partial charge < -0.3 is 37.6 Å². The molecule has 13 heteroatoms. The lowest BCUT2D eigenvalue weighted by molar-refractivity contribution is -0.142. The average Bonchev–Trinajstić information content (AvgIpc) is 2.65. The maximum absolute atomic E-state index is 12.6. The highest BCUT2D eigenvalue weighted by molar-refractivity contribution is 7.80. The van der Waals surface area contributed by atoms with Crippen molar-refractivity contribution in [1.29, 1.82) is 0 Å². The third-order valence-corrected chi connectivity index (χ3v) is 4.60. The summed E-state index contributed by atoms with van der Waals surface area (Å²) in [5.74, 6) is -4.57. The van der Waals surface area contributed by atoms with Crippen molar-refractivity contribution in [3.63, 3.8) is 0 Å². The van der Waals surface area contributed by atoms with Gasteiger partial charge in [-0.25, -0.2) is 4.79 Å². The molecule has 0 saturated carbocycles. The monoisotopic (exact) mass is 463 g/mol. The van der Waals surface area contributed by atoms with Crippen LogP contribution in [0.5, 0.6) is 0 Å². The van der Waals surface area contributed by atoms with Crippen LogP contribution in [0.3, 0.4) is 0 Å². The molecule has 12 nitrogen and oxygen atoms in total. The Bertz CT molecular complexity index is 659. The van der Waals surface area contributed by atoms with E-state index < -0.39 is 59.9 Å². The molecule has 5 atom stereocenters. The van der Waals surface area contributed by atoms with Gasteiger partial charge in [0.05, 0.1) is 12.1 Å². The second kappa shape index (κ2) is 13.8. The molecule has 0 aromatic heterocycles. The maximum atomic E-state index is 12.6. The van der Waals surface area contributed by atoms with Crippen LogP contribution in [0.25, 0.3) is 0 Å². The summed E-state index contributed by atoms with van der Waals surface area (Å²) in [6.45, 7) is 5.02. The van der Waals surface area contributed by atoms with Crippen molar-refractivity contribution in [2.45, 2.75) is 70.3 Å². The third-order valence-electron chi connectivity index (χ3n) is 4.23. The van der Waals surface area contributed by atoms with Crippen molar-refractivity contribution in [3.05, 3.63) is 0 Å². The quantitative estimate of drug-likeness (QED) is 0.128.